The topological polar surface area (TPSA) is 81.4 Å². The van der Waals surface area contributed by atoms with Crippen LogP contribution in [-0.4, -0.2) is 24.0 Å². The van der Waals surface area contributed by atoms with E-state index in [2.05, 4.69) is 5.32 Å². The standard InChI is InChI=1S/C12H13ClN2O3/c1-6-4-10(12(17)18-6)15-7-2-3-9(13)8(5-7)11(14)16/h2-3,5-6,10,15H,4H2,1H3,(H2,14,16)/t6-,10-/m0/s1. The Morgan fingerprint density at radius 2 is 2.28 bits per heavy atom. The number of amides is 1. The lowest BCUT2D eigenvalue weighted by Gasteiger charge is -2.11. The molecule has 1 heterocycles. The molecular weight excluding hydrogens is 256 g/mol. The van der Waals surface area contributed by atoms with Crippen LogP contribution in [0, 0.1) is 0 Å². The molecule has 1 amide bonds. The minimum absolute atomic E-state index is 0.0992. The van der Waals surface area contributed by atoms with E-state index in [-0.39, 0.29) is 22.7 Å². The van der Waals surface area contributed by atoms with Gasteiger partial charge in [0.1, 0.15) is 12.1 Å². The van der Waals surface area contributed by atoms with Crippen molar-refractivity contribution < 1.29 is 14.3 Å². The van der Waals surface area contributed by atoms with Gasteiger partial charge in [-0.2, -0.15) is 0 Å². The second-order valence-electron chi connectivity index (χ2n) is 4.24. The molecule has 0 unspecified atom stereocenters. The molecule has 5 nitrogen and oxygen atoms in total. The van der Waals surface area contributed by atoms with Crippen molar-refractivity contribution in [1.29, 1.82) is 0 Å². The van der Waals surface area contributed by atoms with Crippen molar-refractivity contribution in [3.05, 3.63) is 28.8 Å². The van der Waals surface area contributed by atoms with Crippen molar-refractivity contribution in [3.63, 3.8) is 0 Å². The van der Waals surface area contributed by atoms with Crippen LogP contribution >= 0.6 is 11.6 Å². The SMILES string of the molecule is C[C@H]1C[C@H](Nc2ccc(Cl)c(C(N)=O)c2)C(=O)O1. The highest BCUT2D eigenvalue weighted by atomic mass is 35.5. The summed E-state index contributed by atoms with van der Waals surface area (Å²) in [5, 5.41) is 3.29. The minimum Gasteiger partial charge on any atom is -0.461 e. The maximum atomic E-state index is 11.5. The molecule has 1 saturated heterocycles. The third-order valence-corrected chi connectivity index (χ3v) is 3.07. The molecule has 96 valence electrons. The molecule has 2 rings (SSSR count). The van der Waals surface area contributed by atoms with E-state index in [0.717, 1.165) is 0 Å². The van der Waals surface area contributed by atoms with Crippen molar-refractivity contribution in [2.45, 2.75) is 25.5 Å². The second-order valence-corrected chi connectivity index (χ2v) is 4.65. The van der Waals surface area contributed by atoms with Gasteiger partial charge in [0.15, 0.2) is 0 Å². The molecule has 0 aliphatic carbocycles. The first kappa shape index (κ1) is 12.7. The number of anilines is 1. The van der Waals surface area contributed by atoms with Crippen LogP contribution in [0.15, 0.2) is 18.2 Å². The predicted octanol–water partition coefficient (Wildman–Crippen LogP) is 1.55. The van der Waals surface area contributed by atoms with E-state index in [1.54, 1.807) is 12.1 Å². The number of carbonyl (C=O) groups excluding carboxylic acids is 2. The molecule has 0 radical (unpaired) electrons. The number of hydrogen-bond acceptors (Lipinski definition) is 4. The highest BCUT2D eigenvalue weighted by Crippen LogP contribution is 2.23. The molecule has 1 aliphatic rings. The van der Waals surface area contributed by atoms with E-state index in [1.807, 2.05) is 6.92 Å². The van der Waals surface area contributed by atoms with Crippen molar-refractivity contribution in [2.24, 2.45) is 5.73 Å². The Kier molecular flexibility index (Phi) is 3.43. The van der Waals surface area contributed by atoms with Gasteiger partial charge in [0.25, 0.3) is 0 Å². The van der Waals surface area contributed by atoms with Crippen LogP contribution in [0.4, 0.5) is 5.69 Å². The number of halogens is 1. The van der Waals surface area contributed by atoms with Crippen LogP contribution < -0.4 is 11.1 Å². The van der Waals surface area contributed by atoms with Gasteiger partial charge in [-0.05, 0) is 25.1 Å². The Labute approximate surface area is 109 Å². The third-order valence-electron chi connectivity index (χ3n) is 2.74. The maximum absolute atomic E-state index is 11.5. The molecule has 1 aromatic carbocycles. The summed E-state index contributed by atoms with van der Waals surface area (Å²) in [5.74, 6) is -0.899. The van der Waals surface area contributed by atoms with Gasteiger partial charge in [-0.25, -0.2) is 4.79 Å². The van der Waals surface area contributed by atoms with Gasteiger partial charge in [0.05, 0.1) is 10.6 Å². The Morgan fingerprint density at radius 3 is 2.83 bits per heavy atom. The van der Waals surface area contributed by atoms with Gasteiger partial charge in [-0.1, -0.05) is 11.6 Å². The predicted molar refractivity (Wildman–Crippen MR) is 67.6 cm³/mol. The molecule has 3 N–H and O–H groups in total. The van der Waals surface area contributed by atoms with E-state index in [9.17, 15) is 9.59 Å². The molecule has 0 spiro atoms. The van der Waals surface area contributed by atoms with Crippen molar-refractivity contribution in [1.82, 2.24) is 0 Å². The van der Waals surface area contributed by atoms with Gasteiger partial charge in [0, 0.05) is 12.1 Å². The number of ether oxygens (including phenoxy) is 1. The van der Waals surface area contributed by atoms with Crippen LogP contribution in [0.5, 0.6) is 0 Å². The monoisotopic (exact) mass is 268 g/mol. The summed E-state index contributed by atoms with van der Waals surface area (Å²) in [6.07, 6.45) is 0.491. The fraction of sp³-hybridized carbons (Fsp3) is 0.333. The summed E-state index contributed by atoms with van der Waals surface area (Å²) in [6, 6.07) is 4.38. The number of nitrogens with one attached hydrogen (secondary N) is 1. The number of benzene rings is 1. The Morgan fingerprint density at radius 1 is 1.56 bits per heavy atom. The first-order valence-electron chi connectivity index (χ1n) is 5.53. The number of rotatable bonds is 3. The second kappa shape index (κ2) is 4.86. The summed E-state index contributed by atoms with van der Waals surface area (Å²) >= 11 is 5.84. The third kappa shape index (κ3) is 2.56. The lowest BCUT2D eigenvalue weighted by Crippen LogP contribution is -2.24. The minimum atomic E-state index is -0.606. The number of esters is 1. The van der Waals surface area contributed by atoms with Crippen LogP contribution in [0.1, 0.15) is 23.7 Å². The first-order valence-corrected chi connectivity index (χ1v) is 5.91. The molecule has 18 heavy (non-hydrogen) atoms. The lowest BCUT2D eigenvalue weighted by molar-refractivity contribution is -0.141. The van der Waals surface area contributed by atoms with Gasteiger partial charge >= 0.3 is 5.97 Å². The van der Waals surface area contributed by atoms with Crippen molar-refractivity contribution in [2.75, 3.05) is 5.32 Å². The van der Waals surface area contributed by atoms with Crippen LogP contribution in [0.2, 0.25) is 5.02 Å². The van der Waals surface area contributed by atoms with Crippen LogP contribution in [0.25, 0.3) is 0 Å². The number of hydrogen-bond donors (Lipinski definition) is 2. The largest absolute Gasteiger partial charge is 0.461 e. The van der Waals surface area contributed by atoms with Crippen LogP contribution in [-0.2, 0) is 9.53 Å². The Bertz CT molecular complexity index is 504. The average Bonchev–Trinajstić information content (AvgIpc) is 2.60. The molecule has 6 heteroatoms. The zero-order valence-corrected chi connectivity index (χ0v) is 10.5. The Balaban J connectivity index is 2.17. The maximum Gasteiger partial charge on any atom is 0.328 e. The quantitative estimate of drug-likeness (QED) is 0.815. The van der Waals surface area contributed by atoms with E-state index >= 15 is 0 Å². The molecule has 1 aliphatic heterocycles. The van der Waals surface area contributed by atoms with E-state index in [0.29, 0.717) is 12.1 Å². The van der Waals surface area contributed by atoms with E-state index in [1.165, 1.54) is 6.07 Å². The zero-order valence-electron chi connectivity index (χ0n) is 9.77. The fourth-order valence-corrected chi connectivity index (χ4v) is 2.09. The molecule has 0 bridgehead atoms. The van der Waals surface area contributed by atoms with Crippen molar-refractivity contribution in [3.8, 4) is 0 Å². The van der Waals surface area contributed by atoms with Gasteiger partial charge in [0.2, 0.25) is 5.91 Å². The first-order chi connectivity index (χ1) is 8.47. The van der Waals surface area contributed by atoms with E-state index < -0.39 is 11.9 Å². The molecule has 1 aromatic rings. The summed E-state index contributed by atoms with van der Waals surface area (Å²) < 4.78 is 5.03. The molecule has 0 saturated carbocycles. The van der Waals surface area contributed by atoms with Gasteiger partial charge in [-0.3, -0.25) is 4.79 Å². The van der Waals surface area contributed by atoms with Crippen LogP contribution in [0.3, 0.4) is 0 Å². The summed E-state index contributed by atoms with van der Waals surface area (Å²) in [5.41, 5.74) is 6.04. The fourth-order valence-electron chi connectivity index (χ4n) is 1.88. The highest BCUT2D eigenvalue weighted by molar-refractivity contribution is 6.33. The van der Waals surface area contributed by atoms with Crippen molar-refractivity contribution >= 4 is 29.2 Å². The number of carbonyl (C=O) groups is 2. The number of primary amides is 1. The summed E-state index contributed by atoms with van der Waals surface area (Å²) in [6.45, 7) is 1.83. The zero-order chi connectivity index (χ0) is 13.3. The average molecular weight is 269 g/mol. The Hall–Kier alpha value is -1.75. The number of cyclic esters (lactones) is 1. The van der Waals surface area contributed by atoms with Gasteiger partial charge in [-0.15, -0.1) is 0 Å². The molecule has 1 fully saturated rings. The smallest absolute Gasteiger partial charge is 0.328 e. The van der Waals surface area contributed by atoms with Gasteiger partial charge < -0.3 is 15.8 Å². The molecule has 0 aromatic heterocycles. The summed E-state index contributed by atoms with van der Waals surface area (Å²) in [7, 11) is 0. The highest BCUT2D eigenvalue weighted by Gasteiger charge is 2.31. The lowest BCUT2D eigenvalue weighted by atomic mass is 10.1. The van der Waals surface area contributed by atoms with E-state index in [4.69, 9.17) is 22.1 Å². The molecule has 2 atom stereocenters. The normalized spacial score (nSPS) is 22.7. The number of nitrogens with two attached hydrogens (primary N) is 1. The summed E-state index contributed by atoms with van der Waals surface area (Å²) in [4.78, 5) is 22.6. The molecular formula is C12H13ClN2O3.